The molecule has 0 saturated carbocycles. The van der Waals surface area contributed by atoms with Gasteiger partial charge in [-0.2, -0.15) is 0 Å². The largest absolute Gasteiger partial charge is 0.465 e. The third-order valence-corrected chi connectivity index (χ3v) is 7.70. The molecule has 8 nitrogen and oxygen atoms in total. The summed E-state index contributed by atoms with van der Waals surface area (Å²) in [7, 11) is 0. The molecule has 5 rings (SSSR count). The van der Waals surface area contributed by atoms with Crippen LogP contribution in [0.15, 0.2) is 48.6 Å². The van der Waals surface area contributed by atoms with Crippen LogP contribution in [0.2, 0.25) is 5.02 Å². The number of carbonyl (C=O) groups excluding carboxylic acids is 3. The van der Waals surface area contributed by atoms with Gasteiger partial charge in [0, 0.05) is 30.4 Å². The van der Waals surface area contributed by atoms with Crippen molar-refractivity contribution in [3.05, 3.63) is 53.6 Å². The second-order valence-corrected chi connectivity index (χ2v) is 10.1. The molecule has 0 aromatic heterocycles. The minimum atomic E-state index is -1.34. The Morgan fingerprint density at radius 1 is 1.09 bits per heavy atom. The van der Waals surface area contributed by atoms with Gasteiger partial charge in [0.05, 0.1) is 18.1 Å². The highest BCUT2D eigenvalue weighted by Gasteiger charge is 2.74. The quantitative estimate of drug-likeness (QED) is 0.504. The van der Waals surface area contributed by atoms with Crippen molar-refractivity contribution in [2.75, 3.05) is 31.2 Å². The summed E-state index contributed by atoms with van der Waals surface area (Å²) in [6, 6.07) is 5.94. The number of aliphatic hydroxyl groups is 1. The second-order valence-electron chi connectivity index (χ2n) is 9.65. The molecule has 35 heavy (non-hydrogen) atoms. The number of nitrogens with zero attached hydrogens (tertiary/aromatic N) is 2. The maximum absolute atomic E-state index is 14.1. The molecule has 1 spiro atoms. The number of rotatable bonds is 4. The molecule has 1 aromatic rings. The van der Waals surface area contributed by atoms with Crippen LogP contribution in [0.4, 0.5) is 5.69 Å². The fourth-order valence-corrected chi connectivity index (χ4v) is 6.09. The maximum atomic E-state index is 14.1. The molecule has 4 aliphatic heterocycles. The Hall–Kier alpha value is -2.68. The van der Waals surface area contributed by atoms with Crippen molar-refractivity contribution in [1.82, 2.24) is 4.90 Å². The summed E-state index contributed by atoms with van der Waals surface area (Å²) in [5.74, 6) is -2.95. The predicted octanol–water partition coefficient (Wildman–Crippen LogP) is 2.49. The predicted molar refractivity (Wildman–Crippen MR) is 129 cm³/mol. The second kappa shape index (κ2) is 9.08. The summed E-state index contributed by atoms with van der Waals surface area (Å²) in [6.45, 7) is 2.37. The van der Waals surface area contributed by atoms with Gasteiger partial charge in [0.1, 0.15) is 17.6 Å². The topological polar surface area (TPSA) is 96.4 Å². The standard InChI is InChI=1S/C26H29ClN2O6/c1-25-11-3-2-4-16-34-24(33)20(25)19-22(31)29(14-6-15-30)21-23(32)28(13-5-12-26(19,21)35-25)18-9-7-17(27)8-10-18/h3,5,7-12,19-21,30H,2,4,6,13-16H2,1H3/b11-3-/t19-,20+,21?,25-,26-/m0/s1. The third kappa shape index (κ3) is 3.79. The van der Waals surface area contributed by atoms with Crippen LogP contribution in [0.1, 0.15) is 26.2 Å². The first-order valence-electron chi connectivity index (χ1n) is 12.0. The third-order valence-electron chi connectivity index (χ3n) is 7.45. The van der Waals surface area contributed by atoms with Crippen molar-refractivity contribution in [2.24, 2.45) is 11.8 Å². The lowest BCUT2D eigenvalue weighted by Crippen LogP contribution is -2.56. The molecular weight excluding hydrogens is 472 g/mol. The fourth-order valence-electron chi connectivity index (χ4n) is 5.97. The first kappa shape index (κ1) is 24.0. The number of hydrogen-bond acceptors (Lipinski definition) is 6. The highest BCUT2D eigenvalue weighted by molar-refractivity contribution is 6.30. The molecule has 4 aliphatic rings. The van der Waals surface area contributed by atoms with Gasteiger partial charge in [-0.15, -0.1) is 0 Å². The van der Waals surface area contributed by atoms with E-state index in [1.807, 2.05) is 18.2 Å². The number of anilines is 1. The number of ether oxygens (including phenoxy) is 2. The summed E-state index contributed by atoms with van der Waals surface area (Å²) in [5, 5.41) is 10.0. The molecule has 0 radical (unpaired) electrons. The van der Waals surface area contributed by atoms with Crippen LogP contribution in [-0.2, 0) is 23.9 Å². The lowest BCUT2D eigenvalue weighted by molar-refractivity contribution is -0.158. The maximum Gasteiger partial charge on any atom is 0.313 e. The van der Waals surface area contributed by atoms with Gasteiger partial charge < -0.3 is 24.4 Å². The number of esters is 1. The van der Waals surface area contributed by atoms with Gasteiger partial charge in [-0.25, -0.2) is 0 Å². The van der Waals surface area contributed by atoms with Gasteiger partial charge in [-0.1, -0.05) is 35.9 Å². The zero-order valence-electron chi connectivity index (χ0n) is 19.6. The van der Waals surface area contributed by atoms with Crippen molar-refractivity contribution in [2.45, 2.75) is 43.4 Å². The summed E-state index contributed by atoms with van der Waals surface area (Å²) in [4.78, 5) is 44.4. The molecule has 186 valence electrons. The Morgan fingerprint density at radius 3 is 2.60 bits per heavy atom. The fraction of sp³-hybridized carbons (Fsp3) is 0.500. The van der Waals surface area contributed by atoms with E-state index in [0.717, 1.165) is 6.42 Å². The van der Waals surface area contributed by atoms with E-state index >= 15 is 0 Å². The van der Waals surface area contributed by atoms with E-state index in [4.69, 9.17) is 21.1 Å². The van der Waals surface area contributed by atoms with Crippen molar-refractivity contribution in [3.8, 4) is 0 Å². The number of carbonyl (C=O) groups is 3. The van der Waals surface area contributed by atoms with Crippen molar-refractivity contribution in [3.63, 3.8) is 0 Å². The van der Waals surface area contributed by atoms with Crippen LogP contribution in [0.5, 0.6) is 0 Å². The van der Waals surface area contributed by atoms with Crippen LogP contribution in [-0.4, -0.2) is 71.3 Å². The lowest BCUT2D eigenvalue weighted by Gasteiger charge is -2.37. The van der Waals surface area contributed by atoms with Crippen molar-refractivity contribution in [1.29, 1.82) is 0 Å². The number of likely N-dealkylation sites (tertiary alicyclic amines) is 1. The highest BCUT2D eigenvalue weighted by Crippen LogP contribution is 2.57. The SMILES string of the molecule is C[C@]12/C=C\CCCOC(=O)[C@H]1[C@H]1C(=O)N(CCCO)C3C(=O)N(c4ccc(Cl)cc4)CC=C[C@@]31O2. The Bertz CT molecular complexity index is 1090. The van der Waals surface area contributed by atoms with Gasteiger partial charge in [0.2, 0.25) is 5.91 Å². The number of halogens is 1. The highest BCUT2D eigenvalue weighted by atomic mass is 35.5. The lowest BCUT2D eigenvalue weighted by atomic mass is 9.74. The Labute approximate surface area is 209 Å². The number of aliphatic hydroxyl groups excluding tert-OH is 1. The van der Waals surface area contributed by atoms with Crippen molar-refractivity contribution >= 4 is 35.1 Å². The minimum Gasteiger partial charge on any atom is -0.465 e. The average Bonchev–Trinajstić information content (AvgIpc) is 3.17. The summed E-state index contributed by atoms with van der Waals surface area (Å²) in [5.41, 5.74) is -1.80. The molecule has 1 unspecified atom stereocenters. The first-order chi connectivity index (χ1) is 16.8. The zero-order chi connectivity index (χ0) is 24.8. The van der Waals surface area contributed by atoms with Crippen LogP contribution >= 0.6 is 11.6 Å². The molecule has 0 bridgehead atoms. The number of allylic oxidation sites excluding steroid dienone is 1. The van der Waals surface area contributed by atoms with E-state index in [9.17, 15) is 19.5 Å². The van der Waals surface area contributed by atoms with Crippen LogP contribution in [0, 0.1) is 11.8 Å². The van der Waals surface area contributed by atoms with Crippen LogP contribution in [0.25, 0.3) is 0 Å². The Kier molecular flexibility index (Phi) is 6.23. The number of fused-ring (bicyclic) bond motifs is 2. The van der Waals surface area contributed by atoms with Gasteiger partial charge in [-0.3, -0.25) is 14.4 Å². The number of hydrogen-bond donors (Lipinski definition) is 1. The van der Waals surface area contributed by atoms with Gasteiger partial charge in [0.25, 0.3) is 5.91 Å². The molecular formula is C26H29ClN2O6. The number of cyclic esters (lactones) is 1. The molecule has 2 fully saturated rings. The van der Waals surface area contributed by atoms with E-state index in [0.29, 0.717) is 23.6 Å². The zero-order valence-corrected chi connectivity index (χ0v) is 20.3. The molecule has 4 heterocycles. The van der Waals surface area contributed by atoms with E-state index < -0.39 is 35.0 Å². The van der Waals surface area contributed by atoms with Crippen LogP contribution < -0.4 is 4.90 Å². The van der Waals surface area contributed by atoms with E-state index in [1.54, 1.807) is 42.2 Å². The van der Waals surface area contributed by atoms with E-state index in [1.165, 1.54) is 4.90 Å². The number of amides is 2. The Morgan fingerprint density at radius 2 is 1.86 bits per heavy atom. The first-order valence-corrected chi connectivity index (χ1v) is 12.4. The minimum absolute atomic E-state index is 0.133. The molecule has 1 aromatic carbocycles. The molecule has 0 aliphatic carbocycles. The van der Waals surface area contributed by atoms with E-state index in [2.05, 4.69) is 0 Å². The normalized spacial score (nSPS) is 35.4. The van der Waals surface area contributed by atoms with Crippen molar-refractivity contribution < 1.29 is 29.0 Å². The smallest absolute Gasteiger partial charge is 0.313 e. The number of benzene rings is 1. The molecule has 2 amide bonds. The van der Waals surface area contributed by atoms with Gasteiger partial charge >= 0.3 is 5.97 Å². The van der Waals surface area contributed by atoms with Crippen LogP contribution in [0.3, 0.4) is 0 Å². The Balaban J connectivity index is 1.63. The molecule has 9 heteroatoms. The average molecular weight is 501 g/mol. The van der Waals surface area contributed by atoms with Gasteiger partial charge in [-0.05, 0) is 50.5 Å². The molecule has 2 saturated heterocycles. The molecule has 1 N–H and O–H groups in total. The summed E-state index contributed by atoms with van der Waals surface area (Å²) < 4.78 is 12.2. The van der Waals surface area contributed by atoms with E-state index in [-0.39, 0.29) is 38.1 Å². The summed E-state index contributed by atoms with van der Waals surface area (Å²) >= 11 is 6.05. The monoisotopic (exact) mass is 500 g/mol. The van der Waals surface area contributed by atoms with Gasteiger partial charge in [0.15, 0.2) is 0 Å². The summed E-state index contributed by atoms with van der Waals surface area (Å²) in [6.07, 6.45) is 9.13. The molecule has 5 atom stereocenters.